The zero-order valence-corrected chi connectivity index (χ0v) is 16.5. The van der Waals surface area contributed by atoms with Gasteiger partial charge in [0, 0.05) is 22.5 Å². The lowest BCUT2D eigenvalue weighted by atomic mass is 9.63. The van der Waals surface area contributed by atoms with Crippen LogP contribution in [0.5, 0.6) is 0 Å². The van der Waals surface area contributed by atoms with Crippen molar-refractivity contribution >= 4 is 21.9 Å². The summed E-state index contributed by atoms with van der Waals surface area (Å²) in [5, 5.41) is 2.32. The van der Waals surface area contributed by atoms with E-state index in [2.05, 4.69) is 70.3 Å². The summed E-state index contributed by atoms with van der Waals surface area (Å²) in [7, 11) is 0. The molecule has 2 heteroatoms. The molecule has 0 spiro atoms. The van der Waals surface area contributed by atoms with Crippen LogP contribution in [0.25, 0.3) is 33.2 Å². The minimum atomic E-state index is 0.189. The van der Waals surface area contributed by atoms with E-state index in [0.29, 0.717) is 0 Å². The molecule has 2 nitrogen and oxygen atoms in total. The van der Waals surface area contributed by atoms with E-state index in [1.807, 2.05) is 12.1 Å². The van der Waals surface area contributed by atoms with E-state index in [-0.39, 0.29) is 10.8 Å². The predicted molar refractivity (Wildman–Crippen MR) is 112 cm³/mol. The summed E-state index contributed by atoms with van der Waals surface area (Å²) < 4.78 is 5.97. The molecular weight excluding hydrogens is 330 g/mol. The van der Waals surface area contributed by atoms with Crippen molar-refractivity contribution in [2.24, 2.45) is 0 Å². The molecule has 2 heterocycles. The lowest BCUT2D eigenvalue weighted by Gasteiger charge is -2.41. The van der Waals surface area contributed by atoms with Gasteiger partial charge >= 0.3 is 0 Å². The molecule has 0 radical (unpaired) electrons. The van der Waals surface area contributed by atoms with E-state index in [0.717, 1.165) is 33.2 Å². The summed E-state index contributed by atoms with van der Waals surface area (Å²) >= 11 is 0. The second-order valence-corrected chi connectivity index (χ2v) is 9.19. The zero-order valence-electron chi connectivity index (χ0n) is 16.5. The van der Waals surface area contributed by atoms with Crippen molar-refractivity contribution < 1.29 is 4.42 Å². The molecule has 0 amide bonds. The Morgan fingerprint density at radius 3 is 2.30 bits per heavy atom. The van der Waals surface area contributed by atoms with Crippen LogP contribution in [-0.2, 0) is 10.8 Å². The van der Waals surface area contributed by atoms with Crippen molar-refractivity contribution in [1.82, 2.24) is 4.98 Å². The maximum Gasteiger partial charge on any atom is 0.135 e. The number of aromatic nitrogens is 1. The van der Waals surface area contributed by atoms with E-state index in [9.17, 15) is 0 Å². The molecule has 0 saturated heterocycles. The number of nitrogens with zero attached hydrogens (tertiary/aromatic N) is 1. The first-order valence-corrected chi connectivity index (χ1v) is 9.78. The van der Waals surface area contributed by atoms with Crippen LogP contribution in [0.4, 0.5) is 0 Å². The molecule has 5 rings (SSSR count). The van der Waals surface area contributed by atoms with Gasteiger partial charge in [-0.15, -0.1) is 0 Å². The van der Waals surface area contributed by atoms with Crippen LogP contribution in [-0.4, -0.2) is 4.98 Å². The molecule has 1 aliphatic carbocycles. The van der Waals surface area contributed by atoms with Crippen LogP contribution in [0.3, 0.4) is 0 Å². The van der Waals surface area contributed by atoms with Crippen molar-refractivity contribution in [2.45, 2.75) is 51.4 Å². The first kappa shape index (κ1) is 16.6. The van der Waals surface area contributed by atoms with Crippen molar-refractivity contribution in [2.75, 3.05) is 0 Å². The van der Waals surface area contributed by atoms with Crippen LogP contribution in [0.1, 0.15) is 51.7 Å². The normalized spacial score (nSPS) is 17.9. The molecule has 2 aromatic carbocycles. The van der Waals surface area contributed by atoms with Gasteiger partial charge in [0.2, 0.25) is 0 Å². The Morgan fingerprint density at radius 1 is 0.778 bits per heavy atom. The molecule has 0 aliphatic heterocycles. The monoisotopic (exact) mass is 355 g/mol. The molecule has 0 atom stereocenters. The fraction of sp³-hybridized carbons (Fsp3) is 0.320. The molecule has 2 aromatic heterocycles. The van der Waals surface area contributed by atoms with E-state index in [4.69, 9.17) is 9.40 Å². The number of rotatable bonds is 1. The second kappa shape index (κ2) is 5.45. The highest BCUT2D eigenvalue weighted by Gasteiger charge is 2.37. The van der Waals surface area contributed by atoms with Gasteiger partial charge in [-0.3, -0.25) is 4.98 Å². The van der Waals surface area contributed by atoms with Crippen LogP contribution in [0.2, 0.25) is 0 Å². The van der Waals surface area contributed by atoms with Crippen LogP contribution in [0.15, 0.2) is 59.1 Å². The topological polar surface area (TPSA) is 26.0 Å². The van der Waals surface area contributed by atoms with Crippen molar-refractivity contribution in [3.8, 4) is 11.3 Å². The quantitative estimate of drug-likeness (QED) is 0.367. The van der Waals surface area contributed by atoms with Crippen molar-refractivity contribution in [3.05, 3.63) is 65.9 Å². The SMILES string of the molecule is CC1(C)CCC(C)(C)c2cc(-c3ccc4oc5ccccc5c4c3)ncc21. The summed E-state index contributed by atoms with van der Waals surface area (Å²) in [4.78, 5) is 4.86. The van der Waals surface area contributed by atoms with E-state index in [1.165, 1.54) is 24.0 Å². The summed E-state index contributed by atoms with van der Waals surface area (Å²) in [6.07, 6.45) is 4.53. The number of furan rings is 1. The highest BCUT2D eigenvalue weighted by Crippen LogP contribution is 2.46. The Bertz CT molecular complexity index is 1180. The summed E-state index contributed by atoms with van der Waals surface area (Å²) in [5.41, 5.74) is 7.29. The van der Waals surface area contributed by atoms with E-state index >= 15 is 0 Å². The number of pyridine rings is 1. The number of benzene rings is 2. The van der Waals surface area contributed by atoms with Gasteiger partial charge < -0.3 is 4.42 Å². The molecule has 0 saturated carbocycles. The Kier molecular flexibility index (Phi) is 3.34. The lowest BCUT2D eigenvalue weighted by Crippen LogP contribution is -2.34. The molecule has 0 bridgehead atoms. The maximum atomic E-state index is 5.97. The van der Waals surface area contributed by atoms with Gasteiger partial charge in [-0.2, -0.15) is 0 Å². The molecule has 0 fully saturated rings. The van der Waals surface area contributed by atoms with E-state index < -0.39 is 0 Å². The summed E-state index contributed by atoms with van der Waals surface area (Å²) in [6.45, 7) is 9.40. The fourth-order valence-electron chi connectivity index (χ4n) is 4.49. The molecule has 0 N–H and O–H groups in total. The number of hydrogen-bond donors (Lipinski definition) is 0. The lowest BCUT2D eigenvalue weighted by molar-refractivity contribution is 0.331. The molecule has 4 aromatic rings. The minimum absolute atomic E-state index is 0.189. The van der Waals surface area contributed by atoms with Crippen LogP contribution >= 0.6 is 0 Å². The fourth-order valence-corrected chi connectivity index (χ4v) is 4.49. The molecule has 1 aliphatic rings. The highest BCUT2D eigenvalue weighted by atomic mass is 16.3. The number of fused-ring (bicyclic) bond motifs is 4. The molecule has 136 valence electrons. The Hall–Kier alpha value is -2.61. The average Bonchev–Trinajstić information content (AvgIpc) is 3.03. The van der Waals surface area contributed by atoms with Crippen LogP contribution in [0, 0.1) is 0 Å². The summed E-state index contributed by atoms with van der Waals surface area (Å²) in [6, 6.07) is 17.0. The second-order valence-electron chi connectivity index (χ2n) is 9.19. The Morgan fingerprint density at radius 2 is 1.48 bits per heavy atom. The predicted octanol–water partition coefficient (Wildman–Crippen LogP) is 7.00. The van der Waals surface area contributed by atoms with Gasteiger partial charge in [-0.1, -0.05) is 45.9 Å². The third kappa shape index (κ3) is 2.50. The standard InChI is InChI=1S/C25H25NO/c1-24(2)11-12-25(3,4)20-15-26-21(14-19(20)24)16-9-10-23-18(13-16)17-7-5-6-8-22(17)27-23/h5-10,13-15H,11-12H2,1-4H3. The van der Waals surface area contributed by atoms with Gasteiger partial charge in [0.1, 0.15) is 11.2 Å². The first-order valence-electron chi connectivity index (χ1n) is 9.78. The highest BCUT2D eigenvalue weighted by molar-refractivity contribution is 6.06. The van der Waals surface area contributed by atoms with Gasteiger partial charge in [-0.25, -0.2) is 0 Å². The van der Waals surface area contributed by atoms with Gasteiger partial charge in [0.15, 0.2) is 0 Å². The third-order valence-electron chi connectivity index (χ3n) is 6.41. The molecular formula is C25H25NO. The van der Waals surface area contributed by atoms with Gasteiger partial charge in [0.25, 0.3) is 0 Å². The Labute approximate surface area is 160 Å². The minimum Gasteiger partial charge on any atom is -0.456 e. The molecule has 27 heavy (non-hydrogen) atoms. The van der Waals surface area contributed by atoms with Gasteiger partial charge in [0.05, 0.1) is 5.69 Å². The average molecular weight is 355 g/mol. The summed E-state index contributed by atoms with van der Waals surface area (Å²) in [5.74, 6) is 0. The smallest absolute Gasteiger partial charge is 0.135 e. The van der Waals surface area contributed by atoms with Crippen LogP contribution < -0.4 is 0 Å². The third-order valence-corrected chi connectivity index (χ3v) is 6.41. The maximum absolute atomic E-state index is 5.97. The van der Waals surface area contributed by atoms with Crippen molar-refractivity contribution in [1.29, 1.82) is 0 Å². The first-order chi connectivity index (χ1) is 12.9. The largest absolute Gasteiger partial charge is 0.456 e. The zero-order chi connectivity index (χ0) is 18.8. The van der Waals surface area contributed by atoms with Gasteiger partial charge in [-0.05, 0) is 65.1 Å². The Balaban J connectivity index is 1.70. The number of hydrogen-bond acceptors (Lipinski definition) is 2. The van der Waals surface area contributed by atoms with Crippen molar-refractivity contribution in [3.63, 3.8) is 0 Å². The molecule has 0 unspecified atom stereocenters. The van der Waals surface area contributed by atoms with E-state index in [1.54, 1.807) is 0 Å². The number of para-hydroxylation sites is 1.